The van der Waals surface area contributed by atoms with Gasteiger partial charge in [-0.3, -0.25) is 14.4 Å². The molecule has 1 aromatic heterocycles. The molecule has 2 rings (SSSR count). The quantitative estimate of drug-likeness (QED) is 0.553. The zero-order chi connectivity index (χ0) is 18.6. The molecule has 0 amide bonds. The van der Waals surface area contributed by atoms with Gasteiger partial charge in [0.25, 0.3) is 5.56 Å². The first-order chi connectivity index (χ1) is 11.9. The van der Waals surface area contributed by atoms with Crippen LogP contribution in [0.5, 0.6) is 0 Å². The van der Waals surface area contributed by atoms with Gasteiger partial charge in [0.1, 0.15) is 0 Å². The molecule has 1 aromatic rings. The molecule has 0 saturated carbocycles. The lowest BCUT2D eigenvalue weighted by molar-refractivity contribution is -0.152. The lowest BCUT2D eigenvalue weighted by atomic mass is 9.95. The lowest BCUT2D eigenvalue weighted by Gasteiger charge is -2.20. The van der Waals surface area contributed by atoms with Gasteiger partial charge in [0.15, 0.2) is 0 Å². The fourth-order valence-corrected chi connectivity index (χ4v) is 3.19. The zero-order valence-electron chi connectivity index (χ0n) is 14.4. The monoisotopic (exact) mass is 351 g/mol. The van der Waals surface area contributed by atoms with E-state index in [0.29, 0.717) is 18.5 Å². The molecule has 0 bridgehead atoms. The molecule has 0 N–H and O–H groups in total. The number of hydrogen-bond donors (Lipinski definition) is 0. The van der Waals surface area contributed by atoms with Crippen molar-refractivity contribution in [1.82, 2.24) is 4.57 Å². The summed E-state index contributed by atoms with van der Waals surface area (Å²) in [6.45, 7) is 0. The summed E-state index contributed by atoms with van der Waals surface area (Å²) >= 11 is 0. The minimum Gasteiger partial charge on any atom is -0.469 e. The highest BCUT2D eigenvalue weighted by atomic mass is 16.5. The molecule has 8 heteroatoms. The van der Waals surface area contributed by atoms with Crippen LogP contribution in [0.25, 0.3) is 0 Å². The normalized spacial score (nSPS) is 16.7. The van der Waals surface area contributed by atoms with E-state index in [1.54, 1.807) is 10.6 Å². The van der Waals surface area contributed by atoms with Crippen molar-refractivity contribution in [2.24, 2.45) is 5.92 Å². The largest absolute Gasteiger partial charge is 0.469 e. The smallest absolute Gasteiger partial charge is 0.338 e. The lowest BCUT2D eigenvalue weighted by Crippen LogP contribution is -2.28. The Bertz CT molecular complexity index is 737. The number of hydrogen-bond acceptors (Lipinski definition) is 7. The molecule has 1 aliphatic heterocycles. The Labute approximate surface area is 144 Å². The fourth-order valence-electron chi connectivity index (χ4n) is 3.19. The molecular weight excluding hydrogens is 330 g/mol. The molecule has 136 valence electrons. The predicted octanol–water partition coefficient (Wildman–Crippen LogP) is 0.865. The number of aromatic nitrogens is 1. The van der Waals surface area contributed by atoms with Crippen LogP contribution in [-0.2, 0) is 30.2 Å². The van der Waals surface area contributed by atoms with Crippen LogP contribution in [-0.4, -0.2) is 43.8 Å². The number of nitrogens with zero attached hydrogens (tertiary/aromatic N) is 1. The van der Waals surface area contributed by atoms with Gasteiger partial charge < -0.3 is 18.8 Å². The molecule has 25 heavy (non-hydrogen) atoms. The topological polar surface area (TPSA) is 101 Å². The van der Waals surface area contributed by atoms with E-state index in [2.05, 4.69) is 9.47 Å². The summed E-state index contributed by atoms with van der Waals surface area (Å²) < 4.78 is 15.6. The first-order valence-corrected chi connectivity index (χ1v) is 7.89. The van der Waals surface area contributed by atoms with E-state index in [1.165, 1.54) is 27.4 Å². The van der Waals surface area contributed by atoms with Crippen molar-refractivity contribution < 1.29 is 28.6 Å². The highest BCUT2D eigenvalue weighted by Crippen LogP contribution is 2.31. The molecule has 0 aliphatic carbocycles. The van der Waals surface area contributed by atoms with Crippen LogP contribution in [0.2, 0.25) is 0 Å². The van der Waals surface area contributed by atoms with Crippen molar-refractivity contribution in [3.8, 4) is 0 Å². The van der Waals surface area contributed by atoms with Crippen molar-refractivity contribution >= 4 is 17.9 Å². The second kappa shape index (κ2) is 7.96. The van der Waals surface area contributed by atoms with Crippen molar-refractivity contribution in [3.05, 3.63) is 33.7 Å². The Morgan fingerprint density at radius 3 is 2.48 bits per heavy atom. The Kier molecular flexibility index (Phi) is 5.95. The number of pyridine rings is 1. The Morgan fingerprint density at radius 1 is 1.16 bits per heavy atom. The van der Waals surface area contributed by atoms with Gasteiger partial charge in [0.05, 0.1) is 39.2 Å². The summed E-state index contributed by atoms with van der Waals surface area (Å²) in [6, 6.07) is 2.60. The minimum atomic E-state index is -0.694. The third kappa shape index (κ3) is 4.07. The van der Waals surface area contributed by atoms with E-state index in [1.807, 2.05) is 0 Å². The van der Waals surface area contributed by atoms with Gasteiger partial charge in [0.2, 0.25) is 0 Å². The average Bonchev–Trinajstić information content (AvgIpc) is 3.02. The standard InChI is InChI=1S/C17H21NO7/c1-23-15(20)9-11(17(22)25-3)7-13-5-4-12-6-10(16(21)24-2)8-14(19)18(12)13/h6,8,11,13H,4-5,7,9H2,1-3H3. The van der Waals surface area contributed by atoms with E-state index in [9.17, 15) is 19.2 Å². The molecule has 2 heterocycles. The Morgan fingerprint density at radius 2 is 1.88 bits per heavy atom. The summed E-state index contributed by atoms with van der Waals surface area (Å²) in [4.78, 5) is 47.5. The number of rotatable bonds is 6. The number of esters is 3. The van der Waals surface area contributed by atoms with Crippen molar-refractivity contribution in [2.45, 2.75) is 31.7 Å². The number of fused-ring (bicyclic) bond motifs is 1. The van der Waals surface area contributed by atoms with Gasteiger partial charge in [-0.25, -0.2) is 4.79 Å². The number of carbonyl (C=O) groups excluding carboxylic acids is 3. The van der Waals surface area contributed by atoms with Crippen LogP contribution in [0.4, 0.5) is 0 Å². The minimum absolute atomic E-state index is 0.107. The summed E-state index contributed by atoms with van der Waals surface area (Å²) in [7, 11) is 3.76. The summed E-state index contributed by atoms with van der Waals surface area (Å²) in [5.74, 6) is -2.29. The van der Waals surface area contributed by atoms with Crippen LogP contribution in [0, 0.1) is 5.92 Å². The fraction of sp³-hybridized carbons (Fsp3) is 0.529. The van der Waals surface area contributed by atoms with Gasteiger partial charge >= 0.3 is 17.9 Å². The first kappa shape index (κ1) is 18.7. The second-order valence-corrected chi connectivity index (χ2v) is 5.86. The Balaban J connectivity index is 2.26. The van der Waals surface area contributed by atoms with E-state index in [0.717, 1.165) is 0 Å². The van der Waals surface area contributed by atoms with Gasteiger partial charge in [-0.15, -0.1) is 0 Å². The van der Waals surface area contributed by atoms with Crippen LogP contribution in [0.1, 0.15) is 41.4 Å². The number of ether oxygens (including phenoxy) is 3. The average molecular weight is 351 g/mol. The molecule has 8 nitrogen and oxygen atoms in total. The highest BCUT2D eigenvalue weighted by molar-refractivity contribution is 5.89. The van der Waals surface area contributed by atoms with Crippen LogP contribution >= 0.6 is 0 Å². The number of methoxy groups -OCH3 is 3. The van der Waals surface area contributed by atoms with Gasteiger partial charge in [0, 0.05) is 17.8 Å². The Hall–Kier alpha value is -2.64. The molecule has 2 unspecified atom stereocenters. The van der Waals surface area contributed by atoms with Crippen molar-refractivity contribution in [2.75, 3.05) is 21.3 Å². The number of aryl methyl sites for hydroxylation is 1. The molecule has 0 saturated heterocycles. The van der Waals surface area contributed by atoms with Gasteiger partial charge in [-0.05, 0) is 25.3 Å². The SMILES string of the molecule is COC(=O)CC(CC1CCc2cc(C(=O)OC)cc(=O)n21)C(=O)OC. The predicted molar refractivity (Wildman–Crippen MR) is 86.2 cm³/mol. The maximum absolute atomic E-state index is 12.4. The maximum atomic E-state index is 12.4. The van der Waals surface area contributed by atoms with Crippen LogP contribution in [0.3, 0.4) is 0 Å². The summed E-state index contributed by atoms with van der Waals surface area (Å²) in [5, 5.41) is 0. The van der Waals surface area contributed by atoms with E-state index >= 15 is 0 Å². The second-order valence-electron chi connectivity index (χ2n) is 5.86. The molecular formula is C17H21NO7. The number of carbonyl (C=O) groups is 3. The summed E-state index contributed by atoms with van der Waals surface area (Å²) in [6.07, 6.45) is 1.40. The van der Waals surface area contributed by atoms with Gasteiger partial charge in [-0.1, -0.05) is 0 Å². The maximum Gasteiger partial charge on any atom is 0.338 e. The molecule has 0 aromatic carbocycles. The van der Waals surface area contributed by atoms with E-state index in [-0.39, 0.29) is 30.0 Å². The molecule has 0 spiro atoms. The zero-order valence-corrected chi connectivity index (χ0v) is 14.4. The van der Waals surface area contributed by atoms with Crippen LogP contribution < -0.4 is 5.56 Å². The third-order valence-corrected chi connectivity index (χ3v) is 4.40. The first-order valence-electron chi connectivity index (χ1n) is 7.89. The highest BCUT2D eigenvalue weighted by Gasteiger charge is 2.32. The molecule has 0 fully saturated rings. The molecule has 2 atom stereocenters. The summed E-state index contributed by atoms with van der Waals surface area (Å²) in [5.41, 5.74) is 0.583. The third-order valence-electron chi connectivity index (χ3n) is 4.40. The van der Waals surface area contributed by atoms with Gasteiger partial charge in [-0.2, -0.15) is 0 Å². The van der Waals surface area contributed by atoms with Crippen molar-refractivity contribution in [1.29, 1.82) is 0 Å². The molecule has 1 aliphatic rings. The van der Waals surface area contributed by atoms with Crippen molar-refractivity contribution in [3.63, 3.8) is 0 Å². The van der Waals surface area contributed by atoms with E-state index in [4.69, 9.17) is 4.74 Å². The van der Waals surface area contributed by atoms with E-state index < -0.39 is 23.8 Å². The molecule has 0 radical (unpaired) electrons. The van der Waals surface area contributed by atoms with Crippen LogP contribution in [0.15, 0.2) is 16.9 Å².